The molecule has 25 heavy (non-hydrogen) atoms. The van der Waals surface area contributed by atoms with E-state index in [1.54, 1.807) is 23.3 Å². The molecule has 7 heteroatoms. The lowest BCUT2D eigenvalue weighted by atomic mass is 10.1. The average molecular weight is 357 g/mol. The molecule has 1 aromatic carbocycles. The van der Waals surface area contributed by atoms with Gasteiger partial charge in [0.2, 0.25) is 0 Å². The predicted octanol–water partition coefficient (Wildman–Crippen LogP) is 3.59. The maximum atomic E-state index is 11.9. The number of ether oxygens (including phenoxy) is 2. The van der Waals surface area contributed by atoms with Gasteiger partial charge >= 0.3 is 6.09 Å². The van der Waals surface area contributed by atoms with E-state index in [2.05, 4.69) is 10.6 Å². The van der Waals surface area contributed by atoms with E-state index in [1.165, 1.54) is 10.6 Å². The summed E-state index contributed by atoms with van der Waals surface area (Å²) in [7, 11) is 1.66. The number of thiazole rings is 1. The van der Waals surface area contributed by atoms with Crippen molar-refractivity contribution in [3.63, 3.8) is 0 Å². The van der Waals surface area contributed by atoms with E-state index >= 15 is 0 Å². The maximum Gasteiger partial charge on any atom is 0.410 e. The summed E-state index contributed by atoms with van der Waals surface area (Å²) in [5, 5.41) is 0. The first kappa shape index (κ1) is 16.0. The minimum Gasteiger partial charge on any atom is -0.497 e. The number of carbonyl (C=O) groups excluding carboxylic acids is 1. The quantitative estimate of drug-likeness (QED) is 0.719. The number of carbonyl (C=O) groups is 1. The summed E-state index contributed by atoms with van der Waals surface area (Å²) >= 11 is 1.64. The number of imidazole rings is 1. The molecular weight excluding hydrogens is 338 g/mol. The maximum absolute atomic E-state index is 11.9. The molecule has 1 aliphatic heterocycles. The molecule has 0 atom stereocenters. The predicted molar refractivity (Wildman–Crippen MR) is 96.2 cm³/mol. The minimum atomic E-state index is -0.238. The van der Waals surface area contributed by atoms with E-state index in [1.807, 2.05) is 31.2 Å². The van der Waals surface area contributed by atoms with Gasteiger partial charge in [-0.15, -0.1) is 0 Å². The van der Waals surface area contributed by atoms with Crippen molar-refractivity contribution in [1.29, 1.82) is 0 Å². The third-order valence-electron chi connectivity index (χ3n) is 4.37. The lowest BCUT2D eigenvalue weighted by molar-refractivity contribution is 0.103. The Labute approximate surface area is 149 Å². The first-order chi connectivity index (χ1) is 12.2. The first-order valence-electron chi connectivity index (χ1n) is 8.25. The Balaban J connectivity index is 1.62. The standard InChI is InChI=1S/C18H19N3O3S/c1-3-24-18(22)20-9-8-15-16(11-20)25-17-19-14(10-21(15)17)12-4-6-13(23-2)7-5-12/h4-7,10H,3,8-9,11H2,1-2H3. The van der Waals surface area contributed by atoms with Gasteiger partial charge in [0.1, 0.15) is 5.75 Å². The van der Waals surface area contributed by atoms with E-state index in [-0.39, 0.29) is 6.09 Å². The second-order valence-corrected chi connectivity index (χ2v) is 6.91. The number of hydrogen-bond acceptors (Lipinski definition) is 5. The SMILES string of the molecule is CCOC(=O)N1CCc2c(sc3nc(-c4ccc(OC)cc4)cn23)C1. The molecule has 4 rings (SSSR count). The Morgan fingerprint density at radius 3 is 2.84 bits per heavy atom. The molecule has 3 heterocycles. The van der Waals surface area contributed by atoms with Crippen LogP contribution in [0.15, 0.2) is 30.5 Å². The Kier molecular flexibility index (Phi) is 4.09. The summed E-state index contributed by atoms with van der Waals surface area (Å²) in [4.78, 5) is 20.6. The van der Waals surface area contributed by atoms with Gasteiger partial charge in [-0.1, -0.05) is 11.3 Å². The van der Waals surface area contributed by atoms with Crippen LogP contribution in [0, 0.1) is 0 Å². The van der Waals surface area contributed by atoms with Gasteiger partial charge in [0.25, 0.3) is 0 Å². The van der Waals surface area contributed by atoms with Gasteiger partial charge in [0.05, 0.1) is 26.0 Å². The highest BCUT2D eigenvalue weighted by Gasteiger charge is 2.26. The van der Waals surface area contributed by atoms with Crippen LogP contribution in [0.2, 0.25) is 0 Å². The summed E-state index contributed by atoms with van der Waals surface area (Å²) in [6, 6.07) is 7.91. The van der Waals surface area contributed by atoms with Crippen molar-refractivity contribution >= 4 is 22.4 Å². The second-order valence-electron chi connectivity index (χ2n) is 5.85. The molecular formula is C18H19N3O3S. The molecule has 1 amide bonds. The number of rotatable bonds is 3. The van der Waals surface area contributed by atoms with Crippen molar-refractivity contribution in [2.45, 2.75) is 19.9 Å². The monoisotopic (exact) mass is 357 g/mol. The molecule has 0 saturated heterocycles. The Hall–Kier alpha value is -2.54. The smallest absolute Gasteiger partial charge is 0.410 e. The van der Waals surface area contributed by atoms with Crippen LogP contribution in [0.3, 0.4) is 0 Å². The van der Waals surface area contributed by atoms with E-state index in [0.717, 1.165) is 28.4 Å². The van der Waals surface area contributed by atoms with Gasteiger partial charge in [-0.2, -0.15) is 0 Å². The number of nitrogens with zero attached hydrogens (tertiary/aromatic N) is 3. The Morgan fingerprint density at radius 1 is 1.32 bits per heavy atom. The van der Waals surface area contributed by atoms with Crippen molar-refractivity contribution in [3.8, 4) is 17.0 Å². The normalized spacial score (nSPS) is 13.8. The molecule has 0 bridgehead atoms. The molecule has 0 fully saturated rings. The molecule has 0 saturated carbocycles. The van der Waals surface area contributed by atoms with Crippen LogP contribution in [0.25, 0.3) is 16.2 Å². The largest absolute Gasteiger partial charge is 0.497 e. The van der Waals surface area contributed by atoms with Gasteiger partial charge in [0, 0.05) is 35.3 Å². The van der Waals surface area contributed by atoms with Crippen molar-refractivity contribution in [1.82, 2.24) is 14.3 Å². The van der Waals surface area contributed by atoms with Gasteiger partial charge in [-0.3, -0.25) is 4.40 Å². The summed E-state index contributed by atoms with van der Waals surface area (Å²) in [6.07, 6.45) is 2.65. The van der Waals surface area contributed by atoms with Crippen LogP contribution >= 0.6 is 11.3 Å². The van der Waals surface area contributed by atoms with Crippen LogP contribution in [0.5, 0.6) is 5.75 Å². The fourth-order valence-electron chi connectivity index (χ4n) is 3.08. The van der Waals surface area contributed by atoms with E-state index in [0.29, 0.717) is 19.7 Å². The zero-order chi connectivity index (χ0) is 17.4. The molecule has 0 unspecified atom stereocenters. The third-order valence-corrected chi connectivity index (χ3v) is 5.45. The van der Waals surface area contributed by atoms with Crippen LogP contribution in [0.4, 0.5) is 4.79 Å². The summed E-state index contributed by atoms with van der Waals surface area (Å²) in [5.41, 5.74) is 3.26. The summed E-state index contributed by atoms with van der Waals surface area (Å²) < 4.78 is 12.5. The highest BCUT2D eigenvalue weighted by atomic mass is 32.1. The molecule has 0 radical (unpaired) electrons. The van der Waals surface area contributed by atoms with Crippen LogP contribution in [-0.2, 0) is 17.7 Å². The molecule has 2 aromatic heterocycles. The third kappa shape index (κ3) is 2.84. The second kappa shape index (κ2) is 6.40. The Bertz CT molecular complexity index is 914. The van der Waals surface area contributed by atoms with Crippen molar-refractivity contribution in [2.75, 3.05) is 20.3 Å². The molecule has 6 nitrogen and oxygen atoms in total. The van der Waals surface area contributed by atoms with Gasteiger partial charge < -0.3 is 14.4 Å². The zero-order valence-corrected chi connectivity index (χ0v) is 15.0. The lowest BCUT2D eigenvalue weighted by Crippen LogP contribution is -2.36. The van der Waals surface area contributed by atoms with Crippen LogP contribution in [0.1, 0.15) is 17.5 Å². The number of hydrogen-bond donors (Lipinski definition) is 0. The lowest BCUT2D eigenvalue weighted by Gasteiger charge is -2.25. The topological polar surface area (TPSA) is 56.1 Å². The molecule has 0 aliphatic carbocycles. The minimum absolute atomic E-state index is 0.238. The first-order valence-corrected chi connectivity index (χ1v) is 9.07. The van der Waals surface area contributed by atoms with Crippen LogP contribution < -0.4 is 4.74 Å². The van der Waals surface area contributed by atoms with Gasteiger partial charge in [-0.05, 0) is 31.2 Å². The van der Waals surface area contributed by atoms with E-state index in [4.69, 9.17) is 14.5 Å². The van der Waals surface area contributed by atoms with E-state index in [9.17, 15) is 4.79 Å². The summed E-state index contributed by atoms with van der Waals surface area (Å²) in [5.74, 6) is 0.834. The molecule has 1 aliphatic rings. The van der Waals surface area contributed by atoms with Crippen molar-refractivity contribution < 1.29 is 14.3 Å². The number of aromatic nitrogens is 2. The van der Waals surface area contributed by atoms with Gasteiger partial charge in [0.15, 0.2) is 4.96 Å². The zero-order valence-electron chi connectivity index (χ0n) is 14.2. The van der Waals surface area contributed by atoms with Gasteiger partial charge in [-0.25, -0.2) is 9.78 Å². The molecule has 0 N–H and O–H groups in total. The van der Waals surface area contributed by atoms with E-state index < -0.39 is 0 Å². The highest BCUT2D eigenvalue weighted by molar-refractivity contribution is 7.17. The highest BCUT2D eigenvalue weighted by Crippen LogP contribution is 2.31. The fraction of sp³-hybridized carbons (Fsp3) is 0.333. The average Bonchev–Trinajstić information content (AvgIpc) is 3.19. The number of amides is 1. The Morgan fingerprint density at radius 2 is 2.12 bits per heavy atom. The molecule has 130 valence electrons. The fourth-order valence-corrected chi connectivity index (χ4v) is 4.24. The van der Waals surface area contributed by atoms with Crippen molar-refractivity contribution in [2.24, 2.45) is 0 Å². The van der Waals surface area contributed by atoms with Crippen molar-refractivity contribution in [3.05, 3.63) is 41.0 Å². The molecule has 3 aromatic rings. The molecule has 0 spiro atoms. The number of benzene rings is 1. The number of fused-ring (bicyclic) bond motifs is 3. The van der Waals surface area contributed by atoms with Crippen LogP contribution in [-0.4, -0.2) is 40.6 Å². The number of methoxy groups -OCH3 is 1. The summed E-state index contributed by atoms with van der Waals surface area (Å²) in [6.45, 7) is 3.50.